The molecular formula is C16H19BrN2OS. The summed E-state index contributed by atoms with van der Waals surface area (Å²) >= 11 is 4.94. The van der Waals surface area contributed by atoms with E-state index in [2.05, 4.69) is 41.7 Å². The van der Waals surface area contributed by atoms with E-state index in [4.69, 9.17) is 0 Å². The molecule has 0 bridgehead atoms. The first kappa shape index (κ1) is 16.2. The Balaban J connectivity index is 2.26. The molecule has 0 radical (unpaired) electrons. The first-order valence-corrected chi connectivity index (χ1v) is 8.31. The number of rotatable bonds is 2. The van der Waals surface area contributed by atoms with Crippen molar-refractivity contribution < 1.29 is 4.79 Å². The molecule has 0 spiro atoms. The second-order valence-electron chi connectivity index (χ2n) is 6.08. The topological polar surface area (TPSA) is 33.2 Å². The maximum atomic E-state index is 12.6. The number of hydrogen-bond donors (Lipinski definition) is 0. The summed E-state index contributed by atoms with van der Waals surface area (Å²) in [6.45, 7) is 8.31. The van der Waals surface area contributed by atoms with Crippen molar-refractivity contribution in [2.24, 2.45) is 0 Å². The third-order valence-electron chi connectivity index (χ3n) is 3.19. The van der Waals surface area contributed by atoms with Crippen LogP contribution in [0, 0.1) is 6.92 Å². The minimum absolute atomic E-state index is 0.0234. The Morgan fingerprint density at radius 2 is 2.00 bits per heavy atom. The van der Waals surface area contributed by atoms with E-state index in [9.17, 15) is 4.79 Å². The zero-order chi connectivity index (χ0) is 15.8. The minimum atomic E-state index is -0.0318. The van der Waals surface area contributed by atoms with Crippen molar-refractivity contribution in [3.8, 4) is 0 Å². The van der Waals surface area contributed by atoms with E-state index >= 15 is 0 Å². The van der Waals surface area contributed by atoms with Crippen molar-refractivity contribution >= 4 is 38.9 Å². The van der Waals surface area contributed by atoms with Gasteiger partial charge in [0.15, 0.2) is 0 Å². The number of nitrogens with zero attached hydrogens (tertiary/aromatic N) is 2. The van der Waals surface area contributed by atoms with Gasteiger partial charge in [-0.1, -0.05) is 36.7 Å². The number of aryl methyl sites for hydroxylation is 1. The Labute approximate surface area is 138 Å². The molecule has 0 aliphatic heterocycles. The quantitative estimate of drug-likeness (QED) is 0.765. The summed E-state index contributed by atoms with van der Waals surface area (Å²) in [6.07, 6.45) is 1.68. The van der Waals surface area contributed by atoms with E-state index in [-0.39, 0.29) is 11.3 Å². The lowest BCUT2D eigenvalue weighted by Gasteiger charge is -2.17. The molecule has 1 aromatic carbocycles. The van der Waals surface area contributed by atoms with Crippen LogP contribution in [-0.4, -0.2) is 17.9 Å². The minimum Gasteiger partial charge on any atom is -0.311 e. The van der Waals surface area contributed by atoms with Crippen LogP contribution in [0.25, 0.3) is 0 Å². The Hall–Kier alpha value is -1.20. The molecule has 1 amide bonds. The number of benzene rings is 1. The molecule has 0 aliphatic rings. The monoisotopic (exact) mass is 366 g/mol. The van der Waals surface area contributed by atoms with Gasteiger partial charge in [-0.15, -0.1) is 11.3 Å². The van der Waals surface area contributed by atoms with Gasteiger partial charge in [0.05, 0.1) is 11.2 Å². The van der Waals surface area contributed by atoms with Gasteiger partial charge in [-0.25, -0.2) is 4.98 Å². The third kappa shape index (κ3) is 3.52. The molecule has 0 saturated heterocycles. The van der Waals surface area contributed by atoms with Crippen LogP contribution in [-0.2, 0) is 5.41 Å². The van der Waals surface area contributed by atoms with E-state index in [0.717, 1.165) is 20.7 Å². The SMILES string of the molecule is Cc1cc(N(C)C(=O)c2cnc(C(C)(C)C)s2)ccc1Br. The van der Waals surface area contributed by atoms with Crippen molar-refractivity contribution in [2.75, 3.05) is 11.9 Å². The molecule has 0 unspecified atom stereocenters. The second kappa shape index (κ2) is 5.89. The van der Waals surface area contributed by atoms with Crippen LogP contribution < -0.4 is 4.90 Å². The number of halogens is 1. The summed E-state index contributed by atoms with van der Waals surface area (Å²) in [4.78, 5) is 19.3. The van der Waals surface area contributed by atoms with Crippen LogP contribution in [0.5, 0.6) is 0 Å². The summed E-state index contributed by atoms with van der Waals surface area (Å²) in [5, 5.41) is 0.978. The molecule has 21 heavy (non-hydrogen) atoms. The molecule has 3 nitrogen and oxygen atoms in total. The highest BCUT2D eigenvalue weighted by Crippen LogP contribution is 2.29. The van der Waals surface area contributed by atoms with Crippen molar-refractivity contribution in [3.63, 3.8) is 0 Å². The van der Waals surface area contributed by atoms with Gasteiger partial charge in [0.1, 0.15) is 4.88 Å². The van der Waals surface area contributed by atoms with Crippen LogP contribution >= 0.6 is 27.3 Å². The third-order valence-corrected chi connectivity index (χ3v) is 5.49. The maximum absolute atomic E-state index is 12.6. The highest BCUT2D eigenvalue weighted by molar-refractivity contribution is 9.10. The number of amides is 1. The molecule has 5 heteroatoms. The molecule has 0 aliphatic carbocycles. The van der Waals surface area contributed by atoms with Crippen LogP contribution in [0.1, 0.15) is 41.0 Å². The second-order valence-corrected chi connectivity index (χ2v) is 7.96. The predicted octanol–water partition coefficient (Wildman–Crippen LogP) is 4.79. The number of thiazole rings is 1. The van der Waals surface area contributed by atoms with Gasteiger partial charge in [0.2, 0.25) is 0 Å². The highest BCUT2D eigenvalue weighted by Gasteiger charge is 2.22. The number of carbonyl (C=O) groups excluding carboxylic acids is 1. The first-order valence-electron chi connectivity index (χ1n) is 6.70. The molecule has 1 aromatic heterocycles. The summed E-state index contributed by atoms with van der Waals surface area (Å²) in [5.74, 6) is -0.0234. The van der Waals surface area contributed by atoms with Crippen LogP contribution in [0.2, 0.25) is 0 Å². The Morgan fingerprint density at radius 1 is 1.33 bits per heavy atom. The molecule has 1 heterocycles. The fraction of sp³-hybridized carbons (Fsp3) is 0.375. The average Bonchev–Trinajstić information content (AvgIpc) is 2.90. The predicted molar refractivity (Wildman–Crippen MR) is 92.4 cm³/mol. The van der Waals surface area contributed by atoms with E-state index in [0.29, 0.717) is 4.88 Å². The van der Waals surface area contributed by atoms with E-state index in [1.807, 2.05) is 25.1 Å². The molecular weight excluding hydrogens is 348 g/mol. The van der Waals surface area contributed by atoms with Crippen molar-refractivity contribution in [1.29, 1.82) is 0 Å². The summed E-state index contributed by atoms with van der Waals surface area (Å²) < 4.78 is 1.04. The number of aromatic nitrogens is 1. The van der Waals surface area contributed by atoms with Gasteiger partial charge < -0.3 is 4.90 Å². The molecule has 0 fully saturated rings. The number of carbonyl (C=O) groups is 1. The summed E-state index contributed by atoms with van der Waals surface area (Å²) in [7, 11) is 1.79. The van der Waals surface area contributed by atoms with Gasteiger partial charge in [0.25, 0.3) is 5.91 Å². The number of hydrogen-bond acceptors (Lipinski definition) is 3. The van der Waals surface area contributed by atoms with Crippen molar-refractivity contribution in [3.05, 3.63) is 44.3 Å². The van der Waals surface area contributed by atoms with Gasteiger partial charge >= 0.3 is 0 Å². The average molecular weight is 367 g/mol. The van der Waals surface area contributed by atoms with Gasteiger partial charge in [0, 0.05) is 22.6 Å². The highest BCUT2D eigenvalue weighted by atomic mass is 79.9. The van der Waals surface area contributed by atoms with Gasteiger partial charge in [-0.2, -0.15) is 0 Å². The zero-order valence-corrected chi connectivity index (χ0v) is 15.3. The largest absolute Gasteiger partial charge is 0.311 e. The molecule has 0 N–H and O–H groups in total. The normalized spacial score (nSPS) is 11.5. The van der Waals surface area contributed by atoms with Gasteiger partial charge in [-0.05, 0) is 30.7 Å². The van der Waals surface area contributed by atoms with E-state index < -0.39 is 0 Å². The lowest BCUT2D eigenvalue weighted by atomic mass is 9.98. The first-order chi connectivity index (χ1) is 9.70. The Kier molecular flexibility index (Phi) is 4.54. The lowest BCUT2D eigenvalue weighted by molar-refractivity contribution is 0.0996. The molecule has 112 valence electrons. The number of anilines is 1. The molecule has 0 atom stereocenters. The fourth-order valence-electron chi connectivity index (χ4n) is 1.84. The molecule has 0 saturated carbocycles. The van der Waals surface area contributed by atoms with E-state index in [1.165, 1.54) is 11.3 Å². The molecule has 2 aromatic rings. The van der Waals surface area contributed by atoms with Gasteiger partial charge in [-0.3, -0.25) is 4.79 Å². The maximum Gasteiger partial charge on any atom is 0.269 e. The smallest absolute Gasteiger partial charge is 0.269 e. The Morgan fingerprint density at radius 3 is 2.52 bits per heavy atom. The van der Waals surface area contributed by atoms with Crippen molar-refractivity contribution in [2.45, 2.75) is 33.1 Å². The fourth-order valence-corrected chi connectivity index (χ4v) is 3.04. The Bertz CT molecular complexity index is 673. The van der Waals surface area contributed by atoms with Crippen LogP contribution in [0.4, 0.5) is 5.69 Å². The standard InChI is InChI=1S/C16H19BrN2OS/c1-10-8-11(6-7-12(10)17)19(5)14(20)13-9-18-15(21-13)16(2,3)4/h6-9H,1-5H3. The van der Waals surface area contributed by atoms with Crippen molar-refractivity contribution in [1.82, 2.24) is 4.98 Å². The van der Waals surface area contributed by atoms with Crippen LogP contribution in [0.3, 0.4) is 0 Å². The zero-order valence-electron chi connectivity index (χ0n) is 12.9. The van der Waals surface area contributed by atoms with Crippen LogP contribution in [0.15, 0.2) is 28.9 Å². The summed E-state index contributed by atoms with van der Waals surface area (Å²) in [6, 6.07) is 5.88. The molecule has 2 rings (SSSR count). The van der Waals surface area contributed by atoms with E-state index in [1.54, 1.807) is 18.1 Å². The lowest BCUT2D eigenvalue weighted by Crippen LogP contribution is -2.25. The summed E-state index contributed by atoms with van der Waals surface area (Å²) in [5.41, 5.74) is 1.95.